The molecule has 0 saturated carbocycles. The van der Waals surface area contributed by atoms with Gasteiger partial charge in [0.1, 0.15) is 6.54 Å². The number of hydrogen-bond donors (Lipinski definition) is 1. The lowest BCUT2D eigenvalue weighted by Crippen LogP contribution is -2.35. The maximum Gasteiger partial charge on any atom is 0.267 e. The third kappa shape index (κ3) is 7.99. The number of unbranched alkanes of at least 4 members (excludes halogenated alkanes) is 1. The van der Waals surface area contributed by atoms with E-state index >= 15 is 0 Å². The molecule has 3 rings (SSSR count). The van der Waals surface area contributed by atoms with E-state index in [9.17, 15) is 9.59 Å². The van der Waals surface area contributed by atoms with Crippen LogP contribution in [0.1, 0.15) is 37.3 Å². The fourth-order valence-corrected chi connectivity index (χ4v) is 3.66. The Bertz CT molecular complexity index is 1060. The maximum absolute atomic E-state index is 12.4. The molecule has 6 nitrogen and oxygen atoms in total. The molecule has 2 aromatic carbocycles. The smallest absolute Gasteiger partial charge is 0.267 e. The van der Waals surface area contributed by atoms with Gasteiger partial charge in [0.05, 0.1) is 5.69 Å². The van der Waals surface area contributed by atoms with Crippen LogP contribution in [0.3, 0.4) is 0 Å². The number of aromatic nitrogens is 2. The molecule has 0 atom stereocenters. The summed E-state index contributed by atoms with van der Waals surface area (Å²) in [4.78, 5) is 27.1. The molecule has 3 aromatic rings. The summed E-state index contributed by atoms with van der Waals surface area (Å²) in [7, 11) is 0. The van der Waals surface area contributed by atoms with E-state index in [-0.39, 0.29) is 18.0 Å². The van der Waals surface area contributed by atoms with Crippen LogP contribution in [0.4, 0.5) is 0 Å². The number of nitrogens with zero attached hydrogens (tertiary/aromatic N) is 3. The van der Waals surface area contributed by atoms with E-state index in [0.717, 1.165) is 50.0 Å². The molecule has 0 aliphatic rings. The van der Waals surface area contributed by atoms with Gasteiger partial charge in [0, 0.05) is 31.3 Å². The van der Waals surface area contributed by atoms with Crippen molar-refractivity contribution >= 4 is 5.91 Å². The summed E-state index contributed by atoms with van der Waals surface area (Å²) in [6.07, 6.45) is 3.17. The molecule has 1 heterocycles. The van der Waals surface area contributed by atoms with E-state index in [4.69, 9.17) is 0 Å². The number of carbonyl (C=O) groups is 1. The van der Waals surface area contributed by atoms with E-state index < -0.39 is 0 Å². The summed E-state index contributed by atoms with van der Waals surface area (Å²) in [5.74, 6) is -0.200. The van der Waals surface area contributed by atoms with Gasteiger partial charge in [0.2, 0.25) is 5.91 Å². The van der Waals surface area contributed by atoms with Crippen molar-refractivity contribution in [2.45, 2.75) is 46.2 Å². The molecule has 0 radical (unpaired) electrons. The van der Waals surface area contributed by atoms with Crippen molar-refractivity contribution in [3.63, 3.8) is 0 Å². The molecule has 0 aliphatic heterocycles. The van der Waals surface area contributed by atoms with Crippen LogP contribution in [0.15, 0.2) is 71.5 Å². The van der Waals surface area contributed by atoms with Gasteiger partial charge in [-0.1, -0.05) is 73.5 Å². The zero-order chi connectivity index (χ0) is 23.5. The Hall–Kier alpha value is -3.25. The number of rotatable bonds is 12. The second-order valence-corrected chi connectivity index (χ2v) is 8.40. The zero-order valence-corrected chi connectivity index (χ0v) is 19.7. The average molecular weight is 447 g/mol. The maximum atomic E-state index is 12.4. The van der Waals surface area contributed by atoms with Crippen LogP contribution in [0.25, 0.3) is 11.3 Å². The third-order valence-electron chi connectivity index (χ3n) is 5.56. The quantitative estimate of drug-likeness (QED) is 0.427. The van der Waals surface area contributed by atoms with E-state index in [2.05, 4.69) is 46.5 Å². The number of amides is 1. The second kappa shape index (κ2) is 12.7. The van der Waals surface area contributed by atoms with Crippen LogP contribution in [0.5, 0.6) is 0 Å². The van der Waals surface area contributed by atoms with Gasteiger partial charge in [-0.15, -0.1) is 0 Å². The Morgan fingerprint density at radius 3 is 2.42 bits per heavy atom. The monoisotopic (exact) mass is 446 g/mol. The molecular weight excluding hydrogens is 412 g/mol. The van der Waals surface area contributed by atoms with Gasteiger partial charge in [-0.25, -0.2) is 4.68 Å². The molecule has 0 unspecified atom stereocenters. The normalized spacial score (nSPS) is 11.0. The molecule has 174 valence electrons. The van der Waals surface area contributed by atoms with Gasteiger partial charge in [0.25, 0.3) is 5.56 Å². The minimum absolute atomic E-state index is 0.0813. The van der Waals surface area contributed by atoms with Crippen molar-refractivity contribution < 1.29 is 4.79 Å². The molecule has 0 aliphatic carbocycles. The summed E-state index contributed by atoms with van der Waals surface area (Å²) in [6, 6.07) is 21.6. The molecule has 6 heteroatoms. The largest absolute Gasteiger partial charge is 0.354 e. The Morgan fingerprint density at radius 2 is 1.70 bits per heavy atom. The molecule has 1 aromatic heterocycles. The molecule has 1 N–H and O–H groups in total. The average Bonchev–Trinajstić information content (AvgIpc) is 2.82. The summed E-state index contributed by atoms with van der Waals surface area (Å²) in [5, 5.41) is 7.32. The Labute approximate surface area is 196 Å². The standard InChI is InChI=1S/C27H34N4O2/c1-3-4-18-30(20-23-9-6-5-7-10-23)19-8-17-28-26(32)21-31-27(33)16-15-25(29-31)24-13-11-22(2)12-14-24/h5-7,9-16H,3-4,8,17-21H2,1-2H3,(H,28,32). The summed E-state index contributed by atoms with van der Waals surface area (Å²) >= 11 is 0. The minimum atomic E-state index is -0.283. The molecule has 0 bridgehead atoms. The fraction of sp³-hybridized carbons (Fsp3) is 0.370. The number of nitrogens with one attached hydrogen (secondary N) is 1. The molecule has 0 saturated heterocycles. The van der Waals surface area contributed by atoms with Gasteiger partial charge in [-0.2, -0.15) is 5.10 Å². The molecule has 0 spiro atoms. The molecule has 0 fully saturated rings. The predicted molar refractivity (Wildman–Crippen MR) is 133 cm³/mol. The Morgan fingerprint density at radius 1 is 0.970 bits per heavy atom. The molecule has 1 amide bonds. The van der Waals surface area contributed by atoms with Crippen LogP contribution in [0.2, 0.25) is 0 Å². The highest BCUT2D eigenvalue weighted by Gasteiger charge is 2.09. The summed E-state index contributed by atoms with van der Waals surface area (Å²) in [5.41, 5.74) is 3.77. The summed E-state index contributed by atoms with van der Waals surface area (Å²) in [6.45, 7) is 7.59. The number of benzene rings is 2. The lowest BCUT2D eigenvalue weighted by molar-refractivity contribution is -0.121. The van der Waals surface area contributed by atoms with Crippen LogP contribution in [-0.2, 0) is 17.9 Å². The predicted octanol–water partition coefficient (Wildman–Crippen LogP) is 4.03. The van der Waals surface area contributed by atoms with Crippen molar-refractivity contribution in [2.75, 3.05) is 19.6 Å². The first-order valence-corrected chi connectivity index (χ1v) is 11.7. The topological polar surface area (TPSA) is 67.2 Å². The minimum Gasteiger partial charge on any atom is -0.354 e. The van der Waals surface area contributed by atoms with Gasteiger partial charge in [-0.3, -0.25) is 14.5 Å². The van der Waals surface area contributed by atoms with E-state index in [1.165, 1.54) is 16.3 Å². The van der Waals surface area contributed by atoms with Gasteiger partial charge < -0.3 is 5.32 Å². The van der Waals surface area contributed by atoms with Crippen molar-refractivity contribution in [2.24, 2.45) is 0 Å². The van der Waals surface area contributed by atoms with Crippen molar-refractivity contribution in [3.8, 4) is 11.3 Å². The zero-order valence-electron chi connectivity index (χ0n) is 19.7. The first kappa shape index (κ1) is 24.4. The number of aryl methyl sites for hydroxylation is 1. The highest BCUT2D eigenvalue weighted by Crippen LogP contribution is 2.15. The lowest BCUT2D eigenvalue weighted by atomic mass is 10.1. The highest BCUT2D eigenvalue weighted by atomic mass is 16.2. The van der Waals surface area contributed by atoms with Crippen molar-refractivity contribution in [1.82, 2.24) is 20.0 Å². The first-order valence-electron chi connectivity index (χ1n) is 11.7. The van der Waals surface area contributed by atoms with Crippen LogP contribution in [0, 0.1) is 6.92 Å². The highest BCUT2D eigenvalue weighted by molar-refractivity contribution is 5.75. The van der Waals surface area contributed by atoms with Crippen molar-refractivity contribution in [1.29, 1.82) is 0 Å². The SMILES string of the molecule is CCCCN(CCCNC(=O)Cn1nc(-c2ccc(C)cc2)ccc1=O)Cc1ccccc1. The van der Waals surface area contributed by atoms with Gasteiger partial charge >= 0.3 is 0 Å². The van der Waals surface area contributed by atoms with Crippen molar-refractivity contribution in [3.05, 3.63) is 88.2 Å². The van der Waals surface area contributed by atoms with Crippen LogP contribution < -0.4 is 10.9 Å². The van der Waals surface area contributed by atoms with E-state index in [1.807, 2.05) is 37.3 Å². The van der Waals surface area contributed by atoms with Crippen LogP contribution >= 0.6 is 0 Å². The Kier molecular flexibility index (Phi) is 9.39. The van der Waals surface area contributed by atoms with Crippen LogP contribution in [-0.4, -0.2) is 40.2 Å². The Balaban J connectivity index is 1.49. The van der Waals surface area contributed by atoms with E-state index in [1.54, 1.807) is 6.07 Å². The molecular formula is C27H34N4O2. The fourth-order valence-electron chi connectivity index (χ4n) is 3.66. The second-order valence-electron chi connectivity index (χ2n) is 8.40. The number of carbonyl (C=O) groups excluding carboxylic acids is 1. The lowest BCUT2D eigenvalue weighted by Gasteiger charge is -2.22. The number of hydrogen-bond acceptors (Lipinski definition) is 4. The molecule has 33 heavy (non-hydrogen) atoms. The van der Waals surface area contributed by atoms with Gasteiger partial charge in [-0.05, 0) is 37.9 Å². The summed E-state index contributed by atoms with van der Waals surface area (Å²) < 4.78 is 1.23. The first-order chi connectivity index (χ1) is 16.0. The third-order valence-corrected chi connectivity index (χ3v) is 5.56. The van der Waals surface area contributed by atoms with Gasteiger partial charge in [0.15, 0.2) is 0 Å². The van der Waals surface area contributed by atoms with E-state index in [0.29, 0.717) is 12.2 Å².